The molecule has 0 aliphatic heterocycles. The number of nitrogens with one attached hydrogen (secondary N) is 2. The van der Waals surface area contributed by atoms with Gasteiger partial charge in [-0.15, -0.1) is 10.2 Å². The molecular formula is C19H23N9OS. The van der Waals surface area contributed by atoms with E-state index in [1.807, 2.05) is 26.0 Å². The first-order valence-electron chi connectivity index (χ1n) is 9.52. The summed E-state index contributed by atoms with van der Waals surface area (Å²) in [4.78, 5) is 23.0. The molecule has 156 valence electrons. The van der Waals surface area contributed by atoms with E-state index in [0.717, 1.165) is 5.56 Å². The molecule has 0 radical (unpaired) electrons. The quantitative estimate of drug-likeness (QED) is 0.495. The predicted molar refractivity (Wildman–Crippen MR) is 115 cm³/mol. The second kappa shape index (κ2) is 9.89. The molecule has 0 bridgehead atoms. The summed E-state index contributed by atoms with van der Waals surface area (Å²) < 4.78 is 1.71. The molecule has 0 atom stereocenters. The summed E-state index contributed by atoms with van der Waals surface area (Å²) in [5.74, 6) is 1.58. The Morgan fingerprint density at radius 3 is 2.77 bits per heavy atom. The van der Waals surface area contributed by atoms with Crippen molar-refractivity contribution in [1.82, 2.24) is 29.5 Å². The Kier molecular flexibility index (Phi) is 7.03. The fourth-order valence-corrected chi connectivity index (χ4v) is 3.60. The Hall–Kier alpha value is -3.39. The molecule has 0 aliphatic rings. The molecular weight excluding hydrogens is 402 g/mol. The number of hydrogen-bond acceptors (Lipinski definition) is 9. The van der Waals surface area contributed by atoms with Gasteiger partial charge >= 0.3 is 0 Å². The van der Waals surface area contributed by atoms with Crippen molar-refractivity contribution >= 4 is 35.3 Å². The van der Waals surface area contributed by atoms with Crippen LogP contribution in [0.15, 0.2) is 29.4 Å². The lowest BCUT2D eigenvalue weighted by molar-refractivity contribution is -0.127. The van der Waals surface area contributed by atoms with Crippen LogP contribution in [-0.2, 0) is 11.3 Å². The highest BCUT2D eigenvalue weighted by atomic mass is 32.2. The van der Waals surface area contributed by atoms with Crippen LogP contribution in [0.3, 0.4) is 0 Å². The SMILES string of the molecule is CCNc1nc(NCC)n2c(SCC(=O)N(C)Cc3cccc(C#N)c3)nnc2n1. The number of thioether (sulfide) groups is 1. The molecule has 1 amide bonds. The van der Waals surface area contributed by atoms with E-state index in [9.17, 15) is 4.79 Å². The van der Waals surface area contributed by atoms with E-state index in [1.165, 1.54) is 11.8 Å². The number of rotatable bonds is 9. The lowest BCUT2D eigenvalue weighted by Gasteiger charge is -2.17. The van der Waals surface area contributed by atoms with Crippen molar-refractivity contribution in [3.63, 3.8) is 0 Å². The van der Waals surface area contributed by atoms with Crippen LogP contribution in [0.4, 0.5) is 11.9 Å². The number of hydrogen-bond donors (Lipinski definition) is 2. The summed E-state index contributed by atoms with van der Waals surface area (Å²) >= 11 is 1.28. The fourth-order valence-electron chi connectivity index (χ4n) is 2.74. The van der Waals surface area contributed by atoms with Crippen molar-refractivity contribution in [2.75, 3.05) is 36.5 Å². The summed E-state index contributed by atoms with van der Waals surface area (Å²) in [6.07, 6.45) is 0. The van der Waals surface area contributed by atoms with Crippen LogP contribution in [0, 0.1) is 11.3 Å². The summed E-state index contributed by atoms with van der Waals surface area (Å²) in [7, 11) is 1.74. The van der Waals surface area contributed by atoms with E-state index in [4.69, 9.17) is 5.26 Å². The molecule has 1 aromatic carbocycles. The van der Waals surface area contributed by atoms with Crippen LogP contribution in [0.25, 0.3) is 5.78 Å². The third-order valence-electron chi connectivity index (χ3n) is 4.14. The van der Waals surface area contributed by atoms with Gasteiger partial charge in [-0.25, -0.2) is 4.40 Å². The van der Waals surface area contributed by atoms with Gasteiger partial charge in [-0.05, 0) is 31.5 Å². The summed E-state index contributed by atoms with van der Waals surface area (Å²) in [6, 6.07) is 9.34. The molecule has 3 aromatic rings. The van der Waals surface area contributed by atoms with Gasteiger partial charge in [0, 0.05) is 26.7 Å². The summed E-state index contributed by atoms with van der Waals surface area (Å²) in [5.41, 5.74) is 1.48. The van der Waals surface area contributed by atoms with Gasteiger partial charge in [-0.1, -0.05) is 23.9 Å². The minimum Gasteiger partial charge on any atom is -0.355 e. The van der Waals surface area contributed by atoms with Gasteiger partial charge in [0.2, 0.25) is 17.8 Å². The average molecular weight is 426 g/mol. The van der Waals surface area contributed by atoms with Gasteiger partial charge in [0.1, 0.15) is 0 Å². The van der Waals surface area contributed by atoms with E-state index in [0.29, 0.717) is 48.0 Å². The highest BCUT2D eigenvalue weighted by Crippen LogP contribution is 2.21. The average Bonchev–Trinajstić information content (AvgIpc) is 3.15. The Morgan fingerprint density at radius 2 is 2.03 bits per heavy atom. The maximum absolute atomic E-state index is 12.6. The number of aromatic nitrogens is 5. The van der Waals surface area contributed by atoms with Crippen molar-refractivity contribution in [2.24, 2.45) is 0 Å². The van der Waals surface area contributed by atoms with Crippen molar-refractivity contribution < 1.29 is 4.79 Å². The molecule has 30 heavy (non-hydrogen) atoms. The van der Waals surface area contributed by atoms with E-state index in [1.54, 1.807) is 28.5 Å². The Bertz CT molecular complexity index is 1080. The van der Waals surface area contributed by atoms with Gasteiger partial charge in [0.25, 0.3) is 5.78 Å². The normalized spacial score (nSPS) is 10.6. The van der Waals surface area contributed by atoms with Crippen LogP contribution in [0.2, 0.25) is 0 Å². The smallest absolute Gasteiger partial charge is 0.261 e. The number of anilines is 2. The highest BCUT2D eigenvalue weighted by Gasteiger charge is 2.17. The first-order valence-corrected chi connectivity index (χ1v) is 10.5. The molecule has 2 heterocycles. The molecule has 10 nitrogen and oxygen atoms in total. The van der Waals surface area contributed by atoms with E-state index >= 15 is 0 Å². The fraction of sp³-hybridized carbons (Fsp3) is 0.368. The molecule has 0 spiro atoms. The molecule has 2 N–H and O–H groups in total. The summed E-state index contributed by atoms with van der Waals surface area (Å²) in [5, 5.41) is 24.1. The van der Waals surface area contributed by atoms with Crippen LogP contribution < -0.4 is 10.6 Å². The van der Waals surface area contributed by atoms with Gasteiger partial charge < -0.3 is 15.5 Å². The van der Waals surface area contributed by atoms with Crippen LogP contribution >= 0.6 is 11.8 Å². The van der Waals surface area contributed by atoms with Gasteiger partial charge in [0.05, 0.1) is 17.4 Å². The second-order valence-electron chi connectivity index (χ2n) is 6.40. The van der Waals surface area contributed by atoms with Crippen molar-refractivity contribution in [1.29, 1.82) is 5.26 Å². The number of benzene rings is 1. The Morgan fingerprint density at radius 1 is 1.23 bits per heavy atom. The minimum absolute atomic E-state index is 0.0608. The van der Waals surface area contributed by atoms with Crippen molar-refractivity contribution in [2.45, 2.75) is 25.5 Å². The summed E-state index contributed by atoms with van der Waals surface area (Å²) in [6.45, 7) is 5.72. The number of amides is 1. The van der Waals surface area contributed by atoms with Gasteiger partial charge in [-0.2, -0.15) is 15.2 Å². The highest BCUT2D eigenvalue weighted by molar-refractivity contribution is 7.99. The maximum atomic E-state index is 12.6. The Labute approximate surface area is 178 Å². The minimum atomic E-state index is -0.0608. The third-order valence-corrected chi connectivity index (χ3v) is 5.06. The van der Waals surface area contributed by atoms with Crippen LogP contribution in [0.1, 0.15) is 25.0 Å². The molecule has 0 saturated carbocycles. The first kappa shape index (κ1) is 21.3. The van der Waals surface area contributed by atoms with Crippen LogP contribution in [0.5, 0.6) is 0 Å². The molecule has 0 fully saturated rings. The van der Waals surface area contributed by atoms with E-state index < -0.39 is 0 Å². The van der Waals surface area contributed by atoms with Crippen molar-refractivity contribution in [3.05, 3.63) is 35.4 Å². The molecule has 0 aliphatic carbocycles. The second-order valence-corrected chi connectivity index (χ2v) is 7.34. The zero-order valence-corrected chi connectivity index (χ0v) is 17.9. The topological polar surface area (TPSA) is 124 Å². The zero-order valence-electron chi connectivity index (χ0n) is 17.1. The maximum Gasteiger partial charge on any atom is 0.261 e. The molecule has 11 heteroatoms. The van der Waals surface area contributed by atoms with E-state index in [-0.39, 0.29) is 11.7 Å². The number of carbonyl (C=O) groups is 1. The Balaban J connectivity index is 1.71. The van der Waals surface area contributed by atoms with Crippen molar-refractivity contribution in [3.8, 4) is 6.07 Å². The number of nitriles is 1. The van der Waals surface area contributed by atoms with Gasteiger partial charge in [-0.3, -0.25) is 4.79 Å². The zero-order chi connectivity index (χ0) is 21.5. The number of nitrogens with zero attached hydrogens (tertiary/aromatic N) is 7. The standard InChI is InChI=1S/C19H23N9OS/c1-4-21-16-23-17(22-5-2)28-18(24-16)25-26-19(28)30-12-15(29)27(3)11-14-8-6-7-13(9-14)10-20/h6-9H,4-5,11-12H2,1-3H3,(H2,21,22,23,24,25). The lowest BCUT2D eigenvalue weighted by atomic mass is 10.1. The van der Waals surface area contributed by atoms with E-state index in [2.05, 4.69) is 36.9 Å². The first-order chi connectivity index (χ1) is 14.5. The monoisotopic (exact) mass is 425 g/mol. The largest absolute Gasteiger partial charge is 0.355 e. The number of carbonyl (C=O) groups excluding carboxylic acids is 1. The number of fused-ring (bicyclic) bond motifs is 1. The molecule has 3 rings (SSSR count). The van der Waals surface area contributed by atoms with Gasteiger partial charge in [0.15, 0.2) is 5.16 Å². The lowest BCUT2D eigenvalue weighted by Crippen LogP contribution is -2.27. The predicted octanol–water partition coefficient (Wildman–Crippen LogP) is 2.01. The van der Waals surface area contributed by atoms with Crippen LogP contribution in [-0.4, -0.2) is 61.3 Å². The molecule has 0 saturated heterocycles. The molecule has 2 aromatic heterocycles. The molecule has 0 unspecified atom stereocenters. The third kappa shape index (κ3) is 4.96.